The third-order valence-electron chi connectivity index (χ3n) is 7.00. The molecule has 6 aromatic rings. The summed E-state index contributed by atoms with van der Waals surface area (Å²) in [4.78, 5) is 18.3. The van der Waals surface area contributed by atoms with Gasteiger partial charge < -0.3 is 5.32 Å². The van der Waals surface area contributed by atoms with Crippen LogP contribution >= 0.6 is 0 Å². The van der Waals surface area contributed by atoms with Crippen molar-refractivity contribution in [1.29, 1.82) is 0 Å². The van der Waals surface area contributed by atoms with Crippen LogP contribution in [0, 0.1) is 6.92 Å². The van der Waals surface area contributed by atoms with Gasteiger partial charge in [-0.15, -0.1) is 0 Å². The number of rotatable bonds is 6. The second kappa shape index (κ2) is 10.5. The van der Waals surface area contributed by atoms with Crippen molar-refractivity contribution in [3.8, 4) is 28.2 Å². The lowest BCUT2D eigenvalue weighted by atomic mass is 10.0. The molecule has 0 aliphatic rings. The van der Waals surface area contributed by atoms with Gasteiger partial charge in [-0.25, -0.2) is 9.97 Å². The average molecular weight is 551 g/mol. The van der Waals surface area contributed by atoms with Crippen molar-refractivity contribution in [2.45, 2.75) is 26.1 Å². The lowest BCUT2D eigenvalue weighted by molar-refractivity contribution is -0.137. The zero-order valence-corrected chi connectivity index (χ0v) is 22.3. The van der Waals surface area contributed by atoms with Crippen LogP contribution in [0.5, 0.6) is 0 Å². The first-order chi connectivity index (χ1) is 19.8. The molecule has 0 aliphatic carbocycles. The van der Waals surface area contributed by atoms with E-state index in [0.717, 1.165) is 45.4 Å². The molecule has 0 amide bonds. The zero-order valence-electron chi connectivity index (χ0n) is 22.3. The first kappa shape index (κ1) is 26.2. The highest BCUT2D eigenvalue weighted by Gasteiger charge is 2.30. The topological polar surface area (TPSA) is 68.5 Å². The van der Waals surface area contributed by atoms with Crippen LogP contribution in [0.1, 0.15) is 29.7 Å². The number of nitrogens with zero attached hydrogens (tertiary/aromatic N) is 5. The summed E-state index contributed by atoms with van der Waals surface area (Å²) in [6, 6.07) is 24.5. The number of halogens is 3. The van der Waals surface area contributed by atoms with E-state index in [1.807, 2.05) is 72.2 Å². The van der Waals surface area contributed by atoms with E-state index >= 15 is 0 Å². The molecule has 0 aliphatic heterocycles. The minimum Gasteiger partial charge on any atom is -0.348 e. The number of aromatic nitrogens is 5. The van der Waals surface area contributed by atoms with Crippen LogP contribution in [-0.2, 0) is 6.18 Å². The van der Waals surface area contributed by atoms with Gasteiger partial charge in [-0.3, -0.25) is 9.55 Å². The molecule has 3 heterocycles. The number of pyridine rings is 1. The maximum absolute atomic E-state index is 13.3. The Kier molecular flexibility index (Phi) is 6.70. The molecule has 0 bridgehead atoms. The predicted octanol–water partition coefficient (Wildman–Crippen LogP) is 8.04. The molecule has 3 aromatic carbocycles. The second-order valence-electron chi connectivity index (χ2n) is 9.79. The Bertz CT molecular complexity index is 1850. The van der Waals surface area contributed by atoms with E-state index < -0.39 is 17.8 Å². The van der Waals surface area contributed by atoms with Gasteiger partial charge in [0, 0.05) is 24.0 Å². The zero-order chi connectivity index (χ0) is 28.6. The monoisotopic (exact) mass is 550 g/mol. The Morgan fingerprint density at radius 1 is 0.829 bits per heavy atom. The number of nitrogens with one attached hydrogen (secondary N) is 1. The molecule has 0 saturated carbocycles. The van der Waals surface area contributed by atoms with Crippen LogP contribution in [0.25, 0.3) is 39.2 Å². The van der Waals surface area contributed by atoms with Gasteiger partial charge in [0.25, 0.3) is 0 Å². The molecule has 6 nitrogen and oxygen atoms in total. The van der Waals surface area contributed by atoms with Crippen LogP contribution in [0.3, 0.4) is 0 Å². The maximum Gasteiger partial charge on any atom is 0.416 e. The molecule has 1 atom stereocenters. The van der Waals surface area contributed by atoms with E-state index in [2.05, 4.69) is 15.3 Å². The SMILES string of the molecule is Cc1ccccc1-c1cc(-n2cnc3cc(-c4ccncc4)ccc32)nc(N[C@@H](C)c2cccc(C(F)(F)F)c2)n1. The number of hydrogen-bond donors (Lipinski definition) is 1. The van der Waals surface area contributed by atoms with Crippen molar-refractivity contribution in [1.82, 2.24) is 24.5 Å². The van der Waals surface area contributed by atoms with Crippen LogP contribution in [0.2, 0.25) is 0 Å². The van der Waals surface area contributed by atoms with E-state index in [1.165, 1.54) is 6.07 Å². The summed E-state index contributed by atoms with van der Waals surface area (Å²) in [7, 11) is 0. The highest BCUT2D eigenvalue weighted by atomic mass is 19.4. The number of anilines is 1. The van der Waals surface area contributed by atoms with E-state index in [-0.39, 0.29) is 0 Å². The standard InChI is InChI=1S/C32H25F3N6/c1-20-6-3-4-9-26(20)27-18-30(40-31(39-27)38-21(2)23-7-5-8-25(16-23)32(33,34)35)41-19-37-28-17-24(10-11-29(28)41)22-12-14-36-15-13-22/h3-19,21H,1-2H3,(H,38,39,40)/t21-/m0/s1. The van der Waals surface area contributed by atoms with Gasteiger partial charge in [0.2, 0.25) is 5.95 Å². The molecule has 0 unspecified atom stereocenters. The summed E-state index contributed by atoms with van der Waals surface area (Å²) in [5, 5.41) is 3.22. The summed E-state index contributed by atoms with van der Waals surface area (Å²) in [5.41, 5.74) is 6.12. The molecule has 0 radical (unpaired) electrons. The number of imidazole rings is 1. The third kappa shape index (κ3) is 5.38. The molecule has 3 aromatic heterocycles. The van der Waals surface area contributed by atoms with E-state index in [1.54, 1.807) is 31.7 Å². The van der Waals surface area contributed by atoms with Crippen LogP contribution in [0.15, 0.2) is 104 Å². The van der Waals surface area contributed by atoms with Crippen LogP contribution in [0.4, 0.5) is 19.1 Å². The molecule has 0 saturated heterocycles. The summed E-state index contributed by atoms with van der Waals surface area (Å²) < 4.78 is 41.9. The summed E-state index contributed by atoms with van der Waals surface area (Å²) in [6.07, 6.45) is 0.789. The van der Waals surface area contributed by atoms with Gasteiger partial charge in [0.05, 0.1) is 28.3 Å². The lowest BCUT2D eigenvalue weighted by Crippen LogP contribution is -2.13. The quantitative estimate of drug-likeness (QED) is 0.227. The first-order valence-corrected chi connectivity index (χ1v) is 13.0. The highest BCUT2D eigenvalue weighted by molar-refractivity contribution is 5.83. The van der Waals surface area contributed by atoms with Gasteiger partial charge in [-0.1, -0.05) is 42.5 Å². The Hall–Kier alpha value is -5.05. The Balaban J connectivity index is 1.42. The normalized spacial score (nSPS) is 12.4. The third-order valence-corrected chi connectivity index (χ3v) is 7.00. The van der Waals surface area contributed by atoms with Crippen molar-refractivity contribution in [3.05, 3.63) is 120 Å². The Morgan fingerprint density at radius 3 is 2.41 bits per heavy atom. The van der Waals surface area contributed by atoms with E-state index in [4.69, 9.17) is 9.97 Å². The Labute approximate surface area is 234 Å². The Morgan fingerprint density at radius 2 is 1.63 bits per heavy atom. The van der Waals surface area contributed by atoms with Gasteiger partial charge >= 0.3 is 6.18 Å². The number of benzene rings is 3. The minimum absolute atomic E-state index is 0.293. The number of hydrogen-bond acceptors (Lipinski definition) is 5. The summed E-state index contributed by atoms with van der Waals surface area (Å²) >= 11 is 0. The summed E-state index contributed by atoms with van der Waals surface area (Å²) in [5.74, 6) is 0.872. The average Bonchev–Trinajstić information content (AvgIpc) is 3.41. The fraction of sp³-hybridized carbons (Fsp3) is 0.125. The van der Waals surface area contributed by atoms with Gasteiger partial charge in [0.15, 0.2) is 0 Å². The molecular formula is C32H25F3N6. The minimum atomic E-state index is -4.43. The molecule has 9 heteroatoms. The molecule has 41 heavy (non-hydrogen) atoms. The lowest BCUT2D eigenvalue weighted by Gasteiger charge is -2.18. The molecular weight excluding hydrogens is 525 g/mol. The van der Waals surface area contributed by atoms with E-state index in [9.17, 15) is 13.2 Å². The van der Waals surface area contributed by atoms with Crippen molar-refractivity contribution in [2.24, 2.45) is 0 Å². The van der Waals surface area contributed by atoms with E-state index in [0.29, 0.717) is 23.0 Å². The molecule has 0 fully saturated rings. The largest absolute Gasteiger partial charge is 0.416 e. The molecule has 204 valence electrons. The number of fused-ring (bicyclic) bond motifs is 1. The fourth-order valence-corrected chi connectivity index (χ4v) is 4.80. The highest BCUT2D eigenvalue weighted by Crippen LogP contribution is 2.32. The summed E-state index contributed by atoms with van der Waals surface area (Å²) in [6.45, 7) is 3.79. The number of alkyl halides is 3. The van der Waals surface area contributed by atoms with Gasteiger partial charge in [0.1, 0.15) is 12.1 Å². The predicted molar refractivity (Wildman–Crippen MR) is 154 cm³/mol. The van der Waals surface area contributed by atoms with Crippen molar-refractivity contribution in [3.63, 3.8) is 0 Å². The molecule has 0 spiro atoms. The first-order valence-electron chi connectivity index (χ1n) is 13.0. The number of aryl methyl sites for hydroxylation is 1. The van der Waals surface area contributed by atoms with Gasteiger partial charge in [-0.2, -0.15) is 18.2 Å². The molecule has 6 rings (SSSR count). The maximum atomic E-state index is 13.3. The van der Waals surface area contributed by atoms with Crippen molar-refractivity contribution >= 4 is 17.0 Å². The van der Waals surface area contributed by atoms with Gasteiger partial charge in [-0.05, 0) is 72.5 Å². The van der Waals surface area contributed by atoms with Crippen LogP contribution < -0.4 is 5.32 Å². The molecule has 1 N–H and O–H groups in total. The van der Waals surface area contributed by atoms with Crippen molar-refractivity contribution < 1.29 is 13.2 Å². The fourth-order valence-electron chi connectivity index (χ4n) is 4.80. The smallest absolute Gasteiger partial charge is 0.348 e. The van der Waals surface area contributed by atoms with Crippen molar-refractivity contribution in [2.75, 3.05) is 5.32 Å². The second-order valence-corrected chi connectivity index (χ2v) is 9.79. The van der Waals surface area contributed by atoms with Crippen LogP contribution in [-0.4, -0.2) is 24.5 Å².